The lowest BCUT2D eigenvalue weighted by Gasteiger charge is -2.07. The van der Waals surface area contributed by atoms with E-state index in [0.717, 1.165) is 16.7 Å². The predicted molar refractivity (Wildman–Crippen MR) is 68.0 cm³/mol. The molecule has 1 N–H and O–H groups in total. The summed E-state index contributed by atoms with van der Waals surface area (Å²) in [5.74, 6) is 0.749. The first kappa shape index (κ1) is 10.9. The summed E-state index contributed by atoms with van der Waals surface area (Å²) in [6.45, 7) is 6.34. The Bertz CT molecular complexity index is 537. The van der Waals surface area contributed by atoms with Gasteiger partial charge in [0.05, 0.1) is 5.52 Å². The zero-order valence-electron chi connectivity index (χ0n) is 9.00. The lowest BCUT2D eigenvalue weighted by Crippen LogP contribution is -2.02. The maximum absolute atomic E-state index is 5.85. The van der Waals surface area contributed by atoms with E-state index < -0.39 is 0 Å². The number of fused-ring (bicyclic) bond motifs is 1. The molecule has 0 unspecified atom stereocenters. The van der Waals surface area contributed by atoms with Gasteiger partial charge >= 0.3 is 0 Å². The molecule has 0 aliphatic heterocycles. The molecule has 0 atom stereocenters. The summed E-state index contributed by atoms with van der Waals surface area (Å²) in [4.78, 5) is 8.35. The van der Waals surface area contributed by atoms with E-state index in [1.807, 2.05) is 25.1 Å². The van der Waals surface area contributed by atoms with Gasteiger partial charge in [0.25, 0.3) is 0 Å². The highest BCUT2D eigenvalue weighted by Gasteiger charge is 2.05. The second kappa shape index (κ2) is 4.49. The molecule has 3 nitrogen and oxygen atoms in total. The molecule has 0 aliphatic carbocycles. The molecule has 0 aliphatic rings. The van der Waals surface area contributed by atoms with Gasteiger partial charge in [-0.2, -0.15) is 0 Å². The number of halogens is 1. The van der Waals surface area contributed by atoms with Crippen molar-refractivity contribution in [3.05, 3.63) is 41.7 Å². The SMILES string of the molecule is C=CCNc1nc(Cl)nc2ccc(C)cc12. The first-order valence-corrected chi connectivity index (χ1v) is 5.37. The Hall–Kier alpha value is -1.61. The number of nitrogens with one attached hydrogen (secondary N) is 1. The Balaban J connectivity index is 2.59. The van der Waals surface area contributed by atoms with Crippen LogP contribution < -0.4 is 5.32 Å². The molecule has 0 radical (unpaired) electrons. The second-order valence-corrected chi connectivity index (χ2v) is 3.87. The summed E-state index contributed by atoms with van der Waals surface area (Å²) in [6.07, 6.45) is 1.78. The van der Waals surface area contributed by atoms with Crippen LogP contribution in [0.15, 0.2) is 30.9 Å². The summed E-state index contributed by atoms with van der Waals surface area (Å²) in [7, 11) is 0. The third kappa shape index (κ3) is 2.14. The lowest BCUT2D eigenvalue weighted by atomic mass is 10.1. The number of hydrogen-bond acceptors (Lipinski definition) is 3. The van der Waals surface area contributed by atoms with Gasteiger partial charge in [-0.3, -0.25) is 0 Å². The molecule has 0 spiro atoms. The van der Waals surface area contributed by atoms with Crippen LogP contribution in [0, 0.1) is 6.92 Å². The molecule has 2 aromatic rings. The molecule has 1 aromatic heterocycles. The average Bonchev–Trinajstić information content (AvgIpc) is 2.26. The van der Waals surface area contributed by atoms with E-state index in [-0.39, 0.29) is 5.28 Å². The van der Waals surface area contributed by atoms with E-state index >= 15 is 0 Å². The molecular weight excluding hydrogens is 222 g/mol. The highest BCUT2D eigenvalue weighted by atomic mass is 35.5. The molecule has 4 heteroatoms. The molecule has 82 valence electrons. The number of aromatic nitrogens is 2. The third-order valence-electron chi connectivity index (χ3n) is 2.24. The van der Waals surface area contributed by atoms with Gasteiger partial charge in [0.2, 0.25) is 5.28 Å². The maximum Gasteiger partial charge on any atom is 0.224 e. The minimum Gasteiger partial charge on any atom is -0.366 e. The number of hydrogen-bond donors (Lipinski definition) is 1. The molecule has 0 saturated heterocycles. The number of nitrogens with zero attached hydrogens (tertiary/aromatic N) is 2. The second-order valence-electron chi connectivity index (χ2n) is 3.53. The van der Waals surface area contributed by atoms with Crippen LogP contribution in [0.4, 0.5) is 5.82 Å². The van der Waals surface area contributed by atoms with Crippen molar-refractivity contribution >= 4 is 28.3 Å². The molecule has 1 aromatic carbocycles. The summed E-state index contributed by atoms with van der Waals surface area (Å²) in [5, 5.41) is 4.38. The quantitative estimate of drug-likeness (QED) is 0.654. The fourth-order valence-electron chi connectivity index (χ4n) is 1.52. The third-order valence-corrected chi connectivity index (χ3v) is 2.41. The van der Waals surface area contributed by atoms with Crippen molar-refractivity contribution in [3.63, 3.8) is 0 Å². The van der Waals surface area contributed by atoms with Crippen molar-refractivity contribution in [1.29, 1.82) is 0 Å². The fraction of sp³-hybridized carbons (Fsp3) is 0.167. The lowest BCUT2D eigenvalue weighted by molar-refractivity contribution is 1.18. The van der Waals surface area contributed by atoms with Gasteiger partial charge in [-0.25, -0.2) is 9.97 Å². The van der Waals surface area contributed by atoms with Gasteiger partial charge in [-0.15, -0.1) is 6.58 Å². The van der Waals surface area contributed by atoms with Crippen LogP contribution in [0.2, 0.25) is 5.28 Å². The van der Waals surface area contributed by atoms with Crippen molar-refractivity contribution in [2.45, 2.75) is 6.92 Å². The van der Waals surface area contributed by atoms with Crippen LogP contribution in [0.25, 0.3) is 10.9 Å². The largest absolute Gasteiger partial charge is 0.366 e. The van der Waals surface area contributed by atoms with Crippen LogP contribution in [0.3, 0.4) is 0 Å². The molecule has 1 heterocycles. The summed E-state index contributed by atoms with van der Waals surface area (Å²) >= 11 is 5.85. The van der Waals surface area contributed by atoms with Gasteiger partial charge in [-0.1, -0.05) is 17.7 Å². The van der Waals surface area contributed by atoms with Gasteiger partial charge in [0.15, 0.2) is 0 Å². The standard InChI is InChI=1S/C12H12ClN3/c1-3-6-14-11-9-7-8(2)4-5-10(9)15-12(13)16-11/h3-5,7H,1,6H2,2H3,(H,14,15,16). The Morgan fingerprint density at radius 1 is 1.44 bits per heavy atom. The predicted octanol–water partition coefficient (Wildman–Crippen LogP) is 3.19. The van der Waals surface area contributed by atoms with Crippen molar-refractivity contribution in [2.24, 2.45) is 0 Å². The molecule has 16 heavy (non-hydrogen) atoms. The summed E-state index contributed by atoms with van der Waals surface area (Å²) in [5.41, 5.74) is 2.01. The maximum atomic E-state index is 5.85. The van der Waals surface area contributed by atoms with Gasteiger partial charge < -0.3 is 5.32 Å². The van der Waals surface area contributed by atoms with Crippen molar-refractivity contribution < 1.29 is 0 Å². The average molecular weight is 234 g/mol. The first-order valence-electron chi connectivity index (χ1n) is 4.99. The smallest absolute Gasteiger partial charge is 0.224 e. The summed E-state index contributed by atoms with van der Waals surface area (Å²) in [6, 6.07) is 5.98. The zero-order chi connectivity index (χ0) is 11.5. The monoisotopic (exact) mass is 233 g/mol. The minimum atomic E-state index is 0.253. The molecule has 0 bridgehead atoms. The Kier molecular flexibility index (Phi) is 3.06. The van der Waals surface area contributed by atoms with Crippen molar-refractivity contribution in [2.75, 3.05) is 11.9 Å². The molecular formula is C12H12ClN3. The van der Waals surface area contributed by atoms with E-state index in [4.69, 9.17) is 11.6 Å². The minimum absolute atomic E-state index is 0.253. The van der Waals surface area contributed by atoms with Crippen molar-refractivity contribution in [3.8, 4) is 0 Å². The van der Waals surface area contributed by atoms with E-state index in [0.29, 0.717) is 6.54 Å². The Morgan fingerprint density at radius 3 is 3.00 bits per heavy atom. The van der Waals surface area contributed by atoms with Crippen LogP contribution in [-0.4, -0.2) is 16.5 Å². The number of benzene rings is 1. The first-order chi connectivity index (χ1) is 7.70. The van der Waals surface area contributed by atoms with Gasteiger partial charge in [-0.05, 0) is 30.7 Å². The van der Waals surface area contributed by atoms with Crippen molar-refractivity contribution in [1.82, 2.24) is 9.97 Å². The Morgan fingerprint density at radius 2 is 2.25 bits per heavy atom. The van der Waals surface area contributed by atoms with Crippen LogP contribution >= 0.6 is 11.6 Å². The summed E-state index contributed by atoms with van der Waals surface area (Å²) < 4.78 is 0. The van der Waals surface area contributed by atoms with Crippen LogP contribution in [0.5, 0.6) is 0 Å². The number of anilines is 1. The van der Waals surface area contributed by atoms with E-state index in [2.05, 4.69) is 21.9 Å². The molecule has 0 saturated carbocycles. The van der Waals surface area contributed by atoms with Crippen LogP contribution in [0.1, 0.15) is 5.56 Å². The zero-order valence-corrected chi connectivity index (χ0v) is 9.75. The van der Waals surface area contributed by atoms with Gasteiger partial charge in [0, 0.05) is 11.9 Å². The highest BCUT2D eigenvalue weighted by Crippen LogP contribution is 2.22. The topological polar surface area (TPSA) is 37.8 Å². The molecule has 0 amide bonds. The Labute approximate surface area is 99.2 Å². The van der Waals surface area contributed by atoms with Crippen LogP contribution in [-0.2, 0) is 0 Å². The number of rotatable bonds is 3. The normalized spacial score (nSPS) is 10.4. The van der Waals surface area contributed by atoms with Gasteiger partial charge in [0.1, 0.15) is 5.82 Å². The highest BCUT2D eigenvalue weighted by molar-refractivity contribution is 6.28. The van der Waals surface area contributed by atoms with E-state index in [1.165, 1.54) is 5.56 Å². The molecule has 2 rings (SSSR count). The van der Waals surface area contributed by atoms with E-state index in [9.17, 15) is 0 Å². The van der Waals surface area contributed by atoms with E-state index in [1.54, 1.807) is 6.08 Å². The fourth-order valence-corrected chi connectivity index (χ4v) is 1.69. The molecule has 0 fully saturated rings. The number of aryl methyl sites for hydroxylation is 1.